The Kier molecular flexibility index (Phi) is 3.80. The van der Waals surface area contributed by atoms with Gasteiger partial charge >= 0.3 is 6.18 Å². The van der Waals surface area contributed by atoms with Crippen LogP contribution in [0.25, 0.3) is 33.5 Å². The molecular formula is C17H14F3N5O2S. The molecule has 7 nitrogen and oxygen atoms in total. The van der Waals surface area contributed by atoms with E-state index in [1.165, 1.54) is 10.6 Å². The van der Waals surface area contributed by atoms with Gasteiger partial charge in [-0.1, -0.05) is 0 Å². The second kappa shape index (κ2) is 5.77. The molecule has 0 fully saturated rings. The van der Waals surface area contributed by atoms with Crippen LogP contribution in [0.4, 0.5) is 13.2 Å². The van der Waals surface area contributed by atoms with Crippen molar-refractivity contribution in [1.29, 1.82) is 0 Å². The van der Waals surface area contributed by atoms with Gasteiger partial charge in [0, 0.05) is 25.9 Å². The summed E-state index contributed by atoms with van der Waals surface area (Å²) in [4.78, 5) is 12.0. The highest BCUT2D eigenvalue weighted by Crippen LogP contribution is 2.34. The van der Waals surface area contributed by atoms with Gasteiger partial charge in [-0.05, 0) is 18.2 Å². The number of sulfone groups is 1. The quantitative estimate of drug-likeness (QED) is 0.508. The molecule has 0 radical (unpaired) electrons. The zero-order chi connectivity index (χ0) is 20.4. The van der Waals surface area contributed by atoms with Crippen LogP contribution in [0.3, 0.4) is 0 Å². The minimum Gasteiger partial charge on any atom is -0.334 e. The van der Waals surface area contributed by atoms with Gasteiger partial charge in [-0.15, -0.1) is 0 Å². The first-order chi connectivity index (χ1) is 13.0. The standard InChI is InChI=1S/C17H14F3N5O2S/c1-24-8-22-10-4-9(14(6-12(10)24)28(3,26)27)16-23-11-5-15(17(18,19)20)21-7-13(11)25(16)2/h4-8H,1-3H3. The molecule has 0 unspecified atom stereocenters. The van der Waals surface area contributed by atoms with Crippen molar-refractivity contribution in [3.63, 3.8) is 0 Å². The van der Waals surface area contributed by atoms with Crippen molar-refractivity contribution >= 4 is 31.9 Å². The summed E-state index contributed by atoms with van der Waals surface area (Å²) >= 11 is 0. The van der Waals surface area contributed by atoms with Crippen molar-refractivity contribution in [1.82, 2.24) is 24.1 Å². The first-order valence-corrected chi connectivity index (χ1v) is 9.91. The van der Waals surface area contributed by atoms with Gasteiger partial charge in [-0.25, -0.2) is 23.4 Å². The Morgan fingerprint density at radius 1 is 1.00 bits per heavy atom. The molecule has 3 heterocycles. The van der Waals surface area contributed by atoms with Crippen LogP contribution in [-0.4, -0.2) is 38.8 Å². The maximum absolute atomic E-state index is 13.0. The van der Waals surface area contributed by atoms with E-state index in [0.29, 0.717) is 16.6 Å². The average molecular weight is 409 g/mol. The summed E-state index contributed by atoms with van der Waals surface area (Å²) in [7, 11) is -0.315. The number of rotatable bonds is 2. The third-order valence-corrected chi connectivity index (χ3v) is 5.66. The monoisotopic (exact) mass is 409 g/mol. The van der Waals surface area contributed by atoms with Gasteiger partial charge in [0.25, 0.3) is 0 Å². The van der Waals surface area contributed by atoms with Crippen LogP contribution in [-0.2, 0) is 30.1 Å². The fourth-order valence-corrected chi connectivity index (χ4v) is 4.00. The minimum absolute atomic E-state index is 0.0195. The number of nitrogens with zero attached hydrogens (tertiary/aromatic N) is 5. The van der Waals surface area contributed by atoms with Crippen LogP contribution in [0.1, 0.15) is 5.69 Å². The Balaban J connectivity index is 2.04. The average Bonchev–Trinajstić information content (AvgIpc) is 3.12. The molecule has 11 heteroatoms. The molecule has 0 saturated carbocycles. The molecule has 146 valence electrons. The molecule has 3 aromatic heterocycles. The highest BCUT2D eigenvalue weighted by atomic mass is 32.2. The third-order valence-electron chi connectivity index (χ3n) is 4.52. The second-order valence-electron chi connectivity index (χ2n) is 6.52. The zero-order valence-electron chi connectivity index (χ0n) is 15.0. The van der Waals surface area contributed by atoms with Crippen LogP contribution >= 0.6 is 0 Å². The predicted molar refractivity (Wildman–Crippen MR) is 96.3 cm³/mol. The van der Waals surface area contributed by atoms with Gasteiger partial charge in [-0.3, -0.25) is 0 Å². The molecule has 0 amide bonds. The van der Waals surface area contributed by atoms with Gasteiger partial charge in [-0.2, -0.15) is 13.2 Å². The lowest BCUT2D eigenvalue weighted by molar-refractivity contribution is -0.141. The predicted octanol–water partition coefficient (Wildman–Crippen LogP) is 2.94. The largest absolute Gasteiger partial charge is 0.433 e. The van der Waals surface area contributed by atoms with Gasteiger partial charge in [0.2, 0.25) is 0 Å². The fourth-order valence-electron chi connectivity index (χ4n) is 3.12. The third kappa shape index (κ3) is 2.82. The maximum Gasteiger partial charge on any atom is 0.433 e. The minimum atomic E-state index is -4.60. The smallest absolute Gasteiger partial charge is 0.334 e. The lowest BCUT2D eigenvalue weighted by Gasteiger charge is -2.09. The SMILES string of the molecule is Cn1cnc2cc(-c3nc4cc(C(F)(F)F)ncc4n3C)c(S(C)(=O)=O)cc21. The number of aryl methyl sites for hydroxylation is 2. The molecular weight excluding hydrogens is 395 g/mol. The van der Waals surface area contributed by atoms with E-state index in [-0.39, 0.29) is 21.8 Å². The highest BCUT2D eigenvalue weighted by Gasteiger charge is 2.33. The summed E-state index contributed by atoms with van der Waals surface area (Å²) in [5, 5.41) is 0. The molecule has 0 aliphatic carbocycles. The summed E-state index contributed by atoms with van der Waals surface area (Å²) in [6, 6.07) is 3.91. The number of aromatic nitrogens is 5. The van der Waals surface area contributed by atoms with Crippen molar-refractivity contribution in [2.75, 3.05) is 6.26 Å². The van der Waals surface area contributed by atoms with Crippen molar-refractivity contribution in [3.05, 3.63) is 36.4 Å². The van der Waals surface area contributed by atoms with Crippen LogP contribution < -0.4 is 0 Å². The van der Waals surface area contributed by atoms with E-state index >= 15 is 0 Å². The topological polar surface area (TPSA) is 82.7 Å². The van der Waals surface area contributed by atoms with Crippen molar-refractivity contribution in [3.8, 4) is 11.4 Å². The van der Waals surface area contributed by atoms with E-state index in [2.05, 4.69) is 15.0 Å². The molecule has 0 aliphatic heterocycles. The van der Waals surface area contributed by atoms with E-state index in [9.17, 15) is 21.6 Å². The lowest BCUT2D eigenvalue weighted by atomic mass is 10.2. The van der Waals surface area contributed by atoms with Crippen LogP contribution in [0, 0.1) is 0 Å². The Bertz CT molecular complexity index is 1350. The maximum atomic E-state index is 13.0. The summed E-state index contributed by atoms with van der Waals surface area (Å²) in [5.41, 5.74) is 0.785. The highest BCUT2D eigenvalue weighted by molar-refractivity contribution is 7.90. The van der Waals surface area contributed by atoms with E-state index in [1.807, 2.05) is 0 Å². The molecule has 0 bridgehead atoms. The van der Waals surface area contributed by atoms with Crippen molar-refractivity contribution in [2.45, 2.75) is 11.1 Å². The van der Waals surface area contributed by atoms with Crippen LogP contribution in [0.15, 0.2) is 35.6 Å². The van der Waals surface area contributed by atoms with Crippen molar-refractivity contribution < 1.29 is 21.6 Å². The summed E-state index contributed by atoms with van der Waals surface area (Å²) in [6.07, 6.45) is -0.903. The number of benzene rings is 1. The van der Waals surface area contributed by atoms with Gasteiger partial charge < -0.3 is 9.13 Å². The molecule has 0 saturated heterocycles. The number of halogens is 3. The molecule has 4 aromatic rings. The number of pyridine rings is 1. The normalized spacial score (nSPS) is 12.9. The van der Waals surface area contributed by atoms with E-state index in [1.54, 1.807) is 31.1 Å². The summed E-state index contributed by atoms with van der Waals surface area (Å²) in [5.74, 6) is 0.212. The Labute approximate surface area is 157 Å². The number of hydrogen-bond acceptors (Lipinski definition) is 5. The lowest BCUT2D eigenvalue weighted by Crippen LogP contribution is -2.07. The number of fused-ring (bicyclic) bond motifs is 2. The summed E-state index contributed by atoms with van der Waals surface area (Å²) in [6.45, 7) is 0. The van der Waals surface area contributed by atoms with Crippen LogP contribution in [0.5, 0.6) is 0 Å². The molecule has 4 rings (SSSR count). The zero-order valence-corrected chi connectivity index (χ0v) is 15.8. The first kappa shape index (κ1) is 18.4. The molecule has 0 atom stereocenters. The fraction of sp³-hybridized carbons (Fsp3) is 0.235. The van der Waals surface area contributed by atoms with E-state index in [4.69, 9.17) is 0 Å². The Morgan fingerprint density at radius 3 is 2.36 bits per heavy atom. The van der Waals surface area contributed by atoms with Crippen molar-refractivity contribution in [2.24, 2.45) is 14.1 Å². The second-order valence-corrected chi connectivity index (χ2v) is 8.50. The number of alkyl halides is 3. The molecule has 0 spiro atoms. The molecule has 0 N–H and O–H groups in total. The van der Waals surface area contributed by atoms with Crippen LogP contribution in [0.2, 0.25) is 0 Å². The van der Waals surface area contributed by atoms with E-state index < -0.39 is 21.7 Å². The van der Waals surface area contributed by atoms with Gasteiger partial charge in [0.15, 0.2) is 9.84 Å². The Hall–Kier alpha value is -2.95. The van der Waals surface area contributed by atoms with Gasteiger partial charge in [0.05, 0.1) is 39.5 Å². The first-order valence-electron chi connectivity index (χ1n) is 8.02. The molecule has 0 aliphatic rings. The molecule has 1 aromatic carbocycles. The van der Waals surface area contributed by atoms with E-state index in [0.717, 1.165) is 18.5 Å². The summed E-state index contributed by atoms with van der Waals surface area (Å²) < 4.78 is 66.8. The number of imidazole rings is 2. The number of hydrogen-bond donors (Lipinski definition) is 0. The Morgan fingerprint density at radius 2 is 1.71 bits per heavy atom. The molecule has 28 heavy (non-hydrogen) atoms. The van der Waals surface area contributed by atoms with Gasteiger partial charge in [0.1, 0.15) is 11.5 Å².